The molecule has 2 aliphatic rings. The molecule has 2 aromatic rings. The van der Waals surface area contributed by atoms with Crippen molar-refractivity contribution < 1.29 is 32.3 Å². The summed E-state index contributed by atoms with van der Waals surface area (Å²) in [5, 5.41) is 0. The maximum Gasteiger partial charge on any atom is 0.414 e. The molecule has 0 spiro atoms. The molecule has 1 aromatic heterocycles. The molecule has 2 aliphatic heterocycles. The average Bonchev–Trinajstić information content (AvgIpc) is 3.37. The Balaban J connectivity index is 1.46. The number of ether oxygens (including phenoxy) is 2. The number of thiazole rings is 1. The number of carbonyl (C=O) groups excluding carboxylic acids is 2. The van der Waals surface area contributed by atoms with Crippen molar-refractivity contribution in [1.82, 2.24) is 10.5 Å². The summed E-state index contributed by atoms with van der Waals surface area (Å²) in [4.78, 5) is 36.3. The van der Waals surface area contributed by atoms with E-state index in [1.165, 1.54) is 23.2 Å². The van der Waals surface area contributed by atoms with Gasteiger partial charge in [0, 0.05) is 31.4 Å². The van der Waals surface area contributed by atoms with E-state index in [1.807, 2.05) is 6.07 Å². The van der Waals surface area contributed by atoms with Crippen molar-refractivity contribution in [2.24, 2.45) is 0 Å². The second kappa shape index (κ2) is 8.93. The van der Waals surface area contributed by atoms with Crippen LogP contribution < -0.4 is 10.4 Å². The van der Waals surface area contributed by atoms with E-state index in [4.69, 9.17) is 14.3 Å². The highest BCUT2D eigenvalue weighted by molar-refractivity contribution is 7.92. The van der Waals surface area contributed by atoms with Crippen LogP contribution in [0.5, 0.6) is 0 Å². The predicted molar refractivity (Wildman–Crippen MR) is 118 cm³/mol. The molecule has 12 heteroatoms. The van der Waals surface area contributed by atoms with Crippen LogP contribution in [0.2, 0.25) is 0 Å². The third kappa shape index (κ3) is 4.58. The van der Waals surface area contributed by atoms with Gasteiger partial charge >= 0.3 is 6.09 Å². The fourth-order valence-corrected chi connectivity index (χ4v) is 5.31. The Hall–Kier alpha value is -2.28. The molecular weight excluding hydrogens is 458 g/mol. The Bertz CT molecular complexity index is 1110. The standard InChI is InChI=1S/C20H25N3O7S2/c1-20(32(2,26)27,18(24)22-30-17-5-3-4-8-28-17)10-14-11-23(19(25)29-14)13-6-7-15-16(9-13)31-12-21-15/h6-7,9,12,14,17H,3-5,8,10-11H2,1-2H3,(H,22,24)/t14-,17?,20?/m0/s1. The first-order valence-electron chi connectivity index (χ1n) is 10.3. The minimum absolute atomic E-state index is 0.119. The van der Waals surface area contributed by atoms with Crippen molar-refractivity contribution in [1.29, 1.82) is 0 Å². The van der Waals surface area contributed by atoms with Crippen LogP contribution in [-0.2, 0) is 28.9 Å². The molecule has 3 heterocycles. The number of sulfone groups is 1. The van der Waals surface area contributed by atoms with Crippen molar-refractivity contribution in [3.05, 3.63) is 23.7 Å². The van der Waals surface area contributed by atoms with Gasteiger partial charge in [0.15, 0.2) is 20.9 Å². The molecule has 1 N–H and O–H groups in total. The quantitative estimate of drug-likeness (QED) is 0.596. The van der Waals surface area contributed by atoms with Crippen LogP contribution in [0.15, 0.2) is 23.7 Å². The zero-order valence-electron chi connectivity index (χ0n) is 17.8. The topological polar surface area (TPSA) is 124 Å². The monoisotopic (exact) mass is 483 g/mol. The summed E-state index contributed by atoms with van der Waals surface area (Å²) in [5.41, 5.74) is 5.41. The number of hydrogen-bond acceptors (Lipinski definition) is 9. The third-order valence-corrected chi connectivity index (χ3v) is 8.62. The molecule has 0 radical (unpaired) electrons. The maximum atomic E-state index is 12.9. The second-order valence-corrected chi connectivity index (χ2v) is 11.5. The zero-order chi connectivity index (χ0) is 22.9. The van der Waals surface area contributed by atoms with Crippen molar-refractivity contribution in [2.45, 2.75) is 49.7 Å². The zero-order valence-corrected chi connectivity index (χ0v) is 19.4. The third-order valence-electron chi connectivity index (χ3n) is 5.84. The number of carbonyl (C=O) groups is 2. The van der Waals surface area contributed by atoms with Gasteiger partial charge in [0.2, 0.25) is 0 Å². The first-order valence-corrected chi connectivity index (χ1v) is 13.0. The van der Waals surface area contributed by atoms with E-state index in [0.717, 1.165) is 29.3 Å². The highest BCUT2D eigenvalue weighted by Crippen LogP contribution is 2.32. The Kier molecular flexibility index (Phi) is 6.39. The lowest BCUT2D eigenvalue weighted by molar-refractivity contribution is -0.201. The van der Waals surface area contributed by atoms with Gasteiger partial charge < -0.3 is 9.47 Å². The number of nitrogens with one attached hydrogen (secondary N) is 1. The van der Waals surface area contributed by atoms with E-state index >= 15 is 0 Å². The van der Waals surface area contributed by atoms with Crippen molar-refractivity contribution in [3.63, 3.8) is 0 Å². The fraction of sp³-hybridized carbons (Fsp3) is 0.550. The minimum Gasteiger partial charge on any atom is -0.444 e. The molecule has 0 saturated carbocycles. The summed E-state index contributed by atoms with van der Waals surface area (Å²) < 4.78 is 35.0. The maximum absolute atomic E-state index is 12.9. The molecular formula is C20H25N3O7S2. The highest BCUT2D eigenvalue weighted by atomic mass is 32.2. The SMILES string of the molecule is CC(C[C@H]1CN(c2ccc3ncsc3c2)C(=O)O1)(C(=O)NOC1CCCCO1)S(C)(=O)=O. The minimum atomic E-state index is -3.87. The summed E-state index contributed by atoms with van der Waals surface area (Å²) in [6.07, 6.45) is 1.18. The smallest absolute Gasteiger partial charge is 0.414 e. The highest BCUT2D eigenvalue weighted by Gasteiger charge is 2.48. The van der Waals surface area contributed by atoms with E-state index in [-0.39, 0.29) is 13.0 Å². The van der Waals surface area contributed by atoms with E-state index in [2.05, 4.69) is 10.5 Å². The number of hydroxylamine groups is 1. The lowest BCUT2D eigenvalue weighted by Crippen LogP contribution is -2.53. The molecule has 4 rings (SSSR count). The van der Waals surface area contributed by atoms with E-state index in [1.54, 1.807) is 17.6 Å². The molecule has 3 atom stereocenters. The van der Waals surface area contributed by atoms with Gasteiger partial charge in [-0.2, -0.15) is 0 Å². The second-order valence-electron chi connectivity index (χ2n) is 8.17. The van der Waals surface area contributed by atoms with Gasteiger partial charge in [-0.15, -0.1) is 11.3 Å². The van der Waals surface area contributed by atoms with Crippen LogP contribution >= 0.6 is 11.3 Å². The van der Waals surface area contributed by atoms with Gasteiger partial charge in [-0.25, -0.2) is 28.5 Å². The van der Waals surface area contributed by atoms with E-state index in [0.29, 0.717) is 18.7 Å². The lowest BCUT2D eigenvalue weighted by atomic mass is 10.0. The van der Waals surface area contributed by atoms with Crippen LogP contribution in [0, 0.1) is 0 Å². The fourth-order valence-electron chi connectivity index (χ4n) is 3.73. The number of hydrogen-bond donors (Lipinski definition) is 1. The lowest BCUT2D eigenvalue weighted by Gasteiger charge is -2.29. The van der Waals surface area contributed by atoms with Gasteiger partial charge in [0.25, 0.3) is 5.91 Å². The number of rotatable bonds is 7. The molecule has 2 fully saturated rings. The first-order chi connectivity index (χ1) is 15.2. The number of cyclic esters (lactones) is 1. The number of benzene rings is 1. The van der Waals surface area contributed by atoms with Crippen LogP contribution in [-0.4, -0.2) is 62.0 Å². The molecule has 174 valence electrons. The Morgan fingerprint density at radius 1 is 1.41 bits per heavy atom. The number of anilines is 1. The molecule has 2 unspecified atom stereocenters. The summed E-state index contributed by atoms with van der Waals surface area (Å²) in [7, 11) is -3.87. The van der Waals surface area contributed by atoms with Crippen LogP contribution in [0.25, 0.3) is 10.2 Å². The van der Waals surface area contributed by atoms with Gasteiger partial charge in [-0.3, -0.25) is 9.69 Å². The summed E-state index contributed by atoms with van der Waals surface area (Å²) >= 11 is 1.45. The Morgan fingerprint density at radius 2 is 2.22 bits per heavy atom. The van der Waals surface area contributed by atoms with Gasteiger partial charge in [0.1, 0.15) is 6.10 Å². The summed E-state index contributed by atoms with van der Waals surface area (Å²) in [6.45, 7) is 1.95. The van der Waals surface area contributed by atoms with Gasteiger partial charge in [0.05, 0.1) is 22.3 Å². The molecule has 32 heavy (non-hydrogen) atoms. The molecule has 2 saturated heterocycles. The first kappa shape index (κ1) is 22.9. The Labute approximate surface area is 189 Å². The number of amides is 2. The van der Waals surface area contributed by atoms with Gasteiger partial charge in [-0.1, -0.05) is 0 Å². The number of aromatic nitrogens is 1. The van der Waals surface area contributed by atoms with E-state index in [9.17, 15) is 18.0 Å². The number of fused-ring (bicyclic) bond motifs is 1. The van der Waals surface area contributed by atoms with Crippen LogP contribution in [0.3, 0.4) is 0 Å². The summed E-state index contributed by atoms with van der Waals surface area (Å²) in [6, 6.07) is 5.39. The molecule has 10 nitrogen and oxygen atoms in total. The largest absolute Gasteiger partial charge is 0.444 e. The average molecular weight is 484 g/mol. The van der Waals surface area contributed by atoms with Crippen molar-refractivity contribution >= 4 is 49.1 Å². The van der Waals surface area contributed by atoms with E-state index < -0.39 is 39.0 Å². The van der Waals surface area contributed by atoms with Gasteiger partial charge in [-0.05, 0) is 38.0 Å². The Morgan fingerprint density at radius 3 is 2.94 bits per heavy atom. The molecule has 0 bridgehead atoms. The van der Waals surface area contributed by atoms with Crippen LogP contribution in [0.1, 0.15) is 32.6 Å². The number of nitrogens with zero attached hydrogens (tertiary/aromatic N) is 2. The summed E-state index contributed by atoms with van der Waals surface area (Å²) in [5.74, 6) is -0.824. The molecule has 2 amide bonds. The van der Waals surface area contributed by atoms with Crippen molar-refractivity contribution in [3.8, 4) is 0 Å². The molecule has 0 aliphatic carbocycles. The predicted octanol–water partition coefficient (Wildman–Crippen LogP) is 2.39. The van der Waals surface area contributed by atoms with Crippen LogP contribution in [0.4, 0.5) is 10.5 Å². The molecule has 1 aromatic carbocycles. The normalized spacial score (nSPS) is 23.7. The van der Waals surface area contributed by atoms with Crippen molar-refractivity contribution in [2.75, 3.05) is 24.3 Å².